The second-order valence-corrected chi connectivity index (χ2v) is 6.91. The van der Waals surface area contributed by atoms with Crippen molar-refractivity contribution in [3.05, 3.63) is 0 Å². The zero-order valence-corrected chi connectivity index (χ0v) is 12.2. The molecule has 0 aromatic carbocycles. The molecule has 1 atom stereocenters. The number of aliphatic hydroxyl groups is 1. The summed E-state index contributed by atoms with van der Waals surface area (Å²) in [7, 11) is 0. The Kier molecular flexibility index (Phi) is 5.46. The van der Waals surface area contributed by atoms with Crippen molar-refractivity contribution in [3.63, 3.8) is 0 Å². The molecule has 2 N–H and O–H groups in total. The molecule has 0 aromatic rings. The van der Waals surface area contributed by atoms with Crippen molar-refractivity contribution in [3.8, 4) is 0 Å². The van der Waals surface area contributed by atoms with E-state index in [0.717, 1.165) is 44.7 Å². The van der Waals surface area contributed by atoms with Crippen LogP contribution in [0.2, 0.25) is 0 Å². The highest BCUT2D eigenvalue weighted by atomic mass is 16.3. The third-order valence-corrected chi connectivity index (χ3v) is 4.26. The molecule has 2 nitrogen and oxygen atoms in total. The van der Waals surface area contributed by atoms with E-state index in [2.05, 4.69) is 33.0 Å². The van der Waals surface area contributed by atoms with Gasteiger partial charge in [0.1, 0.15) is 0 Å². The van der Waals surface area contributed by atoms with Crippen LogP contribution in [0.3, 0.4) is 0 Å². The lowest BCUT2D eigenvalue weighted by Crippen LogP contribution is -2.45. The Morgan fingerprint density at radius 2 is 1.76 bits per heavy atom. The second-order valence-electron chi connectivity index (χ2n) is 6.91. The maximum absolute atomic E-state index is 10.5. The van der Waals surface area contributed by atoms with Crippen LogP contribution in [0.25, 0.3) is 0 Å². The Bertz CT molecular complexity index is 215. The van der Waals surface area contributed by atoms with Crippen LogP contribution in [0.4, 0.5) is 0 Å². The summed E-state index contributed by atoms with van der Waals surface area (Å²) >= 11 is 0. The largest absolute Gasteiger partial charge is 0.389 e. The average molecular weight is 241 g/mol. The third-order valence-electron chi connectivity index (χ3n) is 4.26. The van der Waals surface area contributed by atoms with Crippen molar-refractivity contribution < 1.29 is 5.11 Å². The first-order valence-corrected chi connectivity index (χ1v) is 7.30. The van der Waals surface area contributed by atoms with Crippen molar-refractivity contribution in [1.82, 2.24) is 5.32 Å². The zero-order valence-electron chi connectivity index (χ0n) is 12.2. The van der Waals surface area contributed by atoms with E-state index in [4.69, 9.17) is 0 Å². The van der Waals surface area contributed by atoms with Gasteiger partial charge < -0.3 is 10.4 Å². The van der Waals surface area contributed by atoms with Crippen LogP contribution < -0.4 is 5.32 Å². The minimum atomic E-state index is -0.443. The minimum Gasteiger partial charge on any atom is -0.389 e. The standard InChI is InChI=1S/C15H31NO/c1-5-6-13(2)11-16-12-15(17)9-7-14(3,4)8-10-15/h13,16-17H,5-12H2,1-4H3. The lowest BCUT2D eigenvalue weighted by molar-refractivity contribution is -0.0246. The molecule has 1 rings (SSSR count). The van der Waals surface area contributed by atoms with E-state index >= 15 is 0 Å². The maximum Gasteiger partial charge on any atom is 0.0772 e. The Morgan fingerprint density at radius 1 is 1.18 bits per heavy atom. The summed E-state index contributed by atoms with van der Waals surface area (Å²) < 4.78 is 0. The summed E-state index contributed by atoms with van der Waals surface area (Å²) in [4.78, 5) is 0. The van der Waals surface area contributed by atoms with Gasteiger partial charge in [-0.15, -0.1) is 0 Å². The van der Waals surface area contributed by atoms with E-state index in [1.807, 2.05) is 0 Å². The molecule has 1 aliphatic rings. The highest BCUT2D eigenvalue weighted by molar-refractivity contribution is 4.90. The maximum atomic E-state index is 10.5. The van der Waals surface area contributed by atoms with Crippen LogP contribution >= 0.6 is 0 Å². The Hall–Kier alpha value is -0.0800. The second kappa shape index (κ2) is 6.19. The molecule has 0 bridgehead atoms. The van der Waals surface area contributed by atoms with E-state index in [1.165, 1.54) is 12.8 Å². The van der Waals surface area contributed by atoms with E-state index in [0.29, 0.717) is 5.41 Å². The minimum absolute atomic E-state index is 0.432. The van der Waals surface area contributed by atoms with Crippen molar-refractivity contribution in [2.24, 2.45) is 11.3 Å². The average Bonchev–Trinajstić information content (AvgIpc) is 2.24. The van der Waals surface area contributed by atoms with Gasteiger partial charge in [0.15, 0.2) is 0 Å². The number of rotatable bonds is 6. The quantitative estimate of drug-likeness (QED) is 0.747. The lowest BCUT2D eigenvalue weighted by atomic mass is 9.71. The summed E-state index contributed by atoms with van der Waals surface area (Å²) in [5, 5.41) is 13.9. The van der Waals surface area contributed by atoms with E-state index < -0.39 is 5.60 Å². The van der Waals surface area contributed by atoms with Crippen molar-refractivity contribution in [2.45, 2.75) is 71.8 Å². The number of nitrogens with one attached hydrogen (secondary N) is 1. The highest BCUT2D eigenvalue weighted by Gasteiger charge is 2.36. The summed E-state index contributed by atoms with van der Waals surface area (Å²) in [6.07, 6.45) is 6.73. The van der Waals surface area contributed by atoms with Crippen LogP contribution in [0, 0.1) is 11.3 Å². The highest BCUT2D eigenvalue weighted by Crippen LogP contribution is 2.39. The predicted molar refractivity (Wildman–Crippen MR) is 74.1 cm³/mol. The Labute approximate surface area is 107 Å². The van der Waals surface area contributed by atoms with Crippen LogP contribution in [-0.4, -0.2) is 23.8 Å². The van der Waals surface area contributed by atoms with Crippen LogP contribution in [0.5, 0.6) is 0 Å². The van der Waals surface area contributed by atoms with Crippen molar-refractivity contribution in [2.75, 3.05) is 13.1 Å². The van der Waals surface area contributed by atoms with Crippen molar-refractivity contribution >= 4 is 0 Å². The first-order valence-electron chi connectivity index (χ1n) is 7.30. The van der Waals surface area contributed by atoms with Crippen LogP contribution in [0.15, 0.2) is 0 Å². The first-order chi connectivity index (χ1) is 7.87. The normalized spacial score (nSPS) is 24.5. The topological polar surface area (TPSA) is 32.3 Å². The molecule has 0 radical (unpaired) electrons. The third kappa shape index (κ3) is 5.39. The lowest BCUT2D eigenvalue weighted by Gasteiger charge is -2.40. The van der Waals surface area contributed by atoms with Crippen LogP contribution in [0.1, 0.15) is 66.2 Å². The zero-order chi connectivity index (χ0) is 12.9. The fourth-order valence-electron chi connectivity index (χ4n) is 2.72. The van der Waals surface area contributed by atoms with E-state index in [1.54, 1.807) is 0 Å². The molecule has 2 heteroatoms. The molecule has 0 aromatic heterocycles. The van der Waals surface area contributed by atoms with Gasteiger partial charge in [-0.3, -0.25) is 0 Å². The van der Waals surface area contributed by atoms with Gasteiger partial charge in [0.25, 0.3) is 0 Å². The number of hydrogen-bond donors (Lipinski definition) is 2. The smallest absolute Gasteiger partial charge is 0.0772 e. The van der Waals surface area contributed by atoms with Gasteiger partial charge in [0.2, 0.25) is 0 Å². The van der Waals surface area contributed by atoms with E-state index in [-0.39, 0.29) is 0 Å². The molecule has 0 heterocycles. The summed E-state index contributed by atoms with van der Waals surface area (Å²) in [6, 6.07) is 0. The van der Waals surface area contributed by atoms with Gasteiger partial charge in [0, 0.05) is 6.54 Å². The molecule has 0 amide bonds. The molecule has 0 spiro atoms. The molecule has 1 aliphatic carbocycles. The van der Waals surface area contributed by atoms with Gasteiger partial charge in [0.05, 0.1) is 5.60 Å². The first kappa shape index (κ1) is 15.0. The molecule has 1 fully saturated rings. The van der Waals surface area contributed by atoms with Gasteiger partial charge in [-0.1, -0.05) is 34.1 Å². The Balaban J connectivity index is 2.22. The van der Waals surface area contributed by atoms with Crippen molar-refractivity contribution in [1.29, 1.82) is 0 Å². The van der Waals surface area contributed by atoms with Crippen LogP contribution in [-0.2, 0) is 0 Å². The monoisotopic (exact) mass is 241 g/mol. The van der Waals surface area contributed by atoms with Gasteiger partial charge in [-0.05, 0) is 50.0 Å². The fourth-order valence-corrected chi connectivity index (χ4v) is 2.72. The van der Waals surface area contributed by atoms with Gasteiger partial charge >= 0.3 is 0 Å². The summed E-state index contributed by atoms with van der Waals surface area (Å²) in [5.74, 6) is 0.726. The molecular weight excluding hydrogens is 210 g/mol. The molecule has 1 saturated carbocycles. The molecule has 1 unspecified atom stereocenters. The molecule has 0 aliphatic heterocycles. The molecule has 17 heavy (non-hydrogen) atoms. The predicted octanol–water partition coefficient (Wildman–Crippen LogP) is 3.34. The summed E-state index contributed by atoms with van der Waals surface area (Å²) in [5.41, 5.74) is -0.0107. The van der Waals surface area contributed by atoms with Gasteiger partial charge in [-0.2, -0.15) is 0 Å². The Morgan fingerprint density at radius 3 is 2.29 bits per heavy atom. The van der Waals surface area contributed by atoms with Gasteiger partial charge in [-0.25, -0.2) is 0 Å². The summed E-state index contributed by atoms with van der Waals surface area (Å²) in [6.45, 7) is 10.9. The molecule has 102 valence electrons. The molecule has 0 saturated heterocycles. The number of hydrogen-bond acceptors (Lipinski definition) is 2. The SMILES string of the molecule is CCCC(C)CNCC1(O)CCC(C)(C)CC1. The fraction of sp³-hybridized carbons (Fsp3) is 1.00. The van der Waals surface area contributed by atoms with E-state index in [9.17, 15) is 5.11 Å². The molecular formula is C15H31NO.